The highest BCUT2D eigenvalue weighted by Gasteiger charge is 2.03. The van der Waals surface area contributed by atoms with Gasteiger partial charge in [0, 0.05) is 24.1 Å². The van der Waals surface area contributed by atoms with Crippen molar-refractivity contribution in [1.82, 2.24) is 10.2 Å². The predicted molar refractivity (Wildman–Crippen MR) is 78.1 cm³/mol. The van der Waals surface area contributed by atoms with Gasteiger partial charge in [-0.15, -0.1) is 0 Å². The molecule has 0 spiro atoms. The third-order valence-corrected chi connectivity index (χ3v) is 3.06. The third kappa shape index (κ3) is 6.47. The fourth-order valence-corrected chi connectivity index (χ4v) is 2.27. The molecule has 0 heterocycles. The molecule has 1 aromatic rings. The molecule has 18 heavy (non-hydrogen) atoms. The Bertz CT molecular complexity index is 349. The second kappa shape index (κ2) is 7.87. The summed E-state index contributed by atoms with van der Waals surface area (Å²) in [4.78, 5) is 2.19. The van der Waals surface area contributed by atoms with Crippen LogP contribution in [0.5, 0.6) is 0 Å². The van der Waals surface area contributed by atoms with Crippen LogP contribution in [-0.4, -0.2) is 31.6 Å². The molecule has 0 saturated heterocycles. The summed E-state index contributed by atoms with van der Waals surface area (Å²) in [6.07, 6.45) is 0. The van der Waals surface area contributed by atoms with Gasteiger partial charge in [0.25, 0.3) is 0 Å². The average Bonchev–Trinajstić information content (AvgIpc) is 2.22. The van der Waals surface area contributed by atoms with E-state index >= 15 is 0 Å². The van der Waals surface area contributed by atoms with Gasteiger partial charge in [0.15, 0.2) is 0 Å². The summed E-state index contributed by atoms with van der Waals surface area (Å²) in [6, 6.07) is 5.03. The first kappa shape index (κ1) is 15.6. The van der Waals surface area contributed by atoms with Gasteiger partial charge in [-0.2, -0.15) is 0 Å². The van der Waals surface area contributed by atoms with Gasteiger partial charge in [0.05, 0.1) is 0 Å². The molecule has 102 valence electrons. The Hall–Kier alpha value is -0.450. The maximum Gasteiger partial charge on any atom is 0.124 e. The molecule has 0 atom stereocenters. The first-order chi connectivity index (χ1) is 8.47. The minimum atomic E-state index is -0.189. The van der Waals surface area contributed by atoms with Crippen molar-refractivity contribution < 1.29 is 4.39 Å². The summed E-state index contributed by atoms with van der Waals surface area (Å²) < 4.78 is 14.0. The summed E-state index contributed by atoms with van der Waals surface area (Å²) in [5.41, 5.74) is 0.994. The number of nitrogens with zero attached hydrogens (tertiary/aromatic N) is 1. The van der Waals surface area contributed by atoms with E-state index in [0.717, 1.165) is 36.2 Å². The predicted octanol–water partition coefficient (Wildman–Crippen LogP) is 3.27. The number of hydrogen-bond donors (Lipinski definition) is 1. The maximum absolute atomic E-state index is 13.2. The standard InChI is InChI=1S/C14H22BrFN2/c1-11(2)9-17-4-5-18(3)10-12-6-13(15)8-14(16)7-12/h6-8,11,17H,4-5,9-10H2,1-3H3. The van der Waals surface area contributed by atoms with Crippen molar-refractivity contribution in [2.24, 2.45) is 5.92 Å². The number of benzene rings is 1. The number of likely N-dealkylation sites (N-methyl/N-ethyl adjacent to an activating group) is 1. The first-order valence-electron chi connectivity index (χ1n) is 6.31. The number of rotatable bonds is 7. The van der Waals surface area contributed by atoms with Crippen molar-refractivity contribution in [2.75, 3.05) is 26.7 Å². The van der Waals surface area contributed by atoms with Crippen molar-refractivity contribution in [3.8, 4) is 0 Å². The highest BCUT2D eigenvalue weighted by atomic mass is 79.9. The lowest BCUT2D eigenvalue weighted by molar-refractivity contribution is 0.321. The van der Waals surface area contributed by atoms with Crippen LogP contribution in [0.1, 0.15) is 19.4 Å². The van der Waals surface area contributed by atoms with Crippen molar-refractivity contribution in [3.63, 3.8) is 0 Å². The summed E-state index contributed by atoms with van der Waals surface area (Å²) in [5.74, 6) is 0.486. The number of nitrogens with one attached hydrogen (secondary N) is 1. The normalized spacial score (nSPS) is 11.5. The van der Waals surface area contributed by atoms with Gasteiger partial charge in [0.2, 0.25) is 0 Å². The Morgan fingerprint density at radius 2 is 2.06 bits per heavy atom. The van der Waals surface area contributed by atoms with Crippen LogP contribution >= 0.6 is 15.9 Å². The van der Waals surface area contributed by atoms with E-state index in [-0.39, 0.29) is 5.82 Å². The fourth-order valence-electron chi connectivity index (χ4n) is 1.75. The Morgan fingerprint density at radius 1 is 1.33 bits per heavy atom. The lowest BCUT2D eigenvalue weighted by Crippen LogP contribution is -2.30. The van der Waals surface area contributed by atoms with Crippen LogP contribution < -0.4 is 5.32 Å². The molecule has 2 nitrogen and oxygen atoms in total. The summed E-state index contributed by atoms with van der Waals surface area (Å²) in [5, 5.41) is 3.40. The van der Waals surface area contributed by atoms with Crippen LogP contribution in [0.15, 0.2) is 22.7 Å². The van der Waals surface area contributed by atoms with Crippen molar-refractivity contribution in [1.29, 1.82) is 0 Å². The highest BCUT2D eigenvalue weighted by Crippen LogP contribution is 2.15. The molecule has 0 aliphatic heterocycles. The molecule has 1 N–H and O–H groups in total. The lowest BCUT2D eigenvalue weighted by atomic mass is 10.2. The van der Waals surface area contributed by atoms with E-state index in [0.29, 0.717) is 5.92 Å². The topological polar surface area (TPSA) is 15.3 Å². The minimum absolute atomic E-state index is 0.189. The molecule has 4 heteroatoms. The van der Waals surface area contributed by atoms with Crippen LogP contribution in [0.2, 0.25) is 0 Å². The molecule has 0 amide bonds. The molecule has 0 aliphatic carbocycles. The van der Waals surface area contributed by atoms with Crippen LogP contribution in [0.3, 0.4) is 0 Å². The van der Waals surface area contributed by atoms with Crippen molar-refractivity contribution >= 4 is 15.9 Å². The van der Waals surface area contributed by atoms with Crippen LogP contribution in [0.25, 0.3) is 0 Å². The van der Waals surface area contributed by atoms with Crippen LogP contribution in [-0.2, 0) is 6.54 Å². The molecule has 0 radical (unpaired) electrons. The largest absolute Gasteiger partial charge is 0.315 e. The fraction of sp³-hybridized carbons (Fsp3) is 0.571. The molecule has 1 rings (SSSR count). The Labute approximate surface area is 118 Å². The monoisotopic (exact) mass is 316 g/mol. The van der Waals surface area contributed by atoms with E-state index in [9.17, 15) is 4.39 Å². The number of hydrogen-bond acceptors (Lipinski definition) is 2. The van der Waals surface area contributed by atoms with E-state index in [1.165, 1.54) is 6.07 Å². The molecule has 0 bridgehead atoms. The molecule has 1 aromatic carbocycles. The molecule has 0 unspecified atom stereocenters. The van der Waals surface area contributed by atoms with Gasteiger partial charge >= 0.3 is 0 Å². The molecule has 0 aromatic heterocycles. The van der Waals surface area contributed by atoms with Crippen molar-refractivity contribution in [3.05, 3.63) is 34.1 Å². The van der Waals surface area contributed by atoms with Gasteiger partial charge in [-0.05, 0) is 43.3 Å². The van der Waals surface area contributed by atoms with Crippen LogP contribution in [0, 0.1) is 11.7 Å². The summed E-state index contributed by atoms with van der Waals surface area (Å²) >= 11 is 3.31. The summed E-state index contributed by atoms with van der Waals surface area (Å²) in [7, 11) is 2.05. The summed E-state index contributed by atoms with van der Waals surface area (Å²) in [6.45, 7) is 8.12. The highest BCUT2D eigenvalue weighted by molar-refractivity contribution is 9.10. The van der Waals surface area contributed by atoms with Crippen LogP contribution in [0.4, 0.5) is 4.39 Å². The Balaban J connectivity index is 2.33. The second-order valence-corrected chi connectivity index (χ2v) is 6.03. The zero-order valence-electron chi connectivity index (χ0n) is 11.3. The van der Waals surface area contributed by atoms with Gasteiger partial charge < -0.3 is 10.2 Å². The minimum Gasteiger partial charge on any atom is -0.315 e. The first-order valence-corrected chi connectivity index (χ1v) is 7.11. The third-order valence-electron chi connectivity index (χ3n) is 2.60. The SMILES string of the molecule is CC(C)CNCCN(C)Cc1cc(F)cc(Br)c1. The van der Waals surface area contributed by atoms with E-state index in [1.54, 1.807) is 6.07 Å². The molecule has 0 aliphatic rings. The van der Waals surface area contributed by atoms with E-state index in [1.807, 2.05) is 6.07 Å². The van der Waals surface area contributed by atoms with Gasteiger partial charge in [-0.1, -0.05) is 29.8 Å². The van der Waals surface area contributed by atoms with Crippen molar-refractivity contribution in [2.45, 2.75) is 20.4 Å². The molecule has 0 fully saturated rings. The lowest BCUT2D eigenvalue weighted by Gasteiger charge is -2.17. The Kier molecular flexibility index (Phi) is 6.82. The molecular weight excluding hydrogens is 295 g/mol. The zero-order valence-corrected chi connectivity index (χ0v) is 12.9. The van der Waals surface area contributed by atoms with Gasteiger partial charge in [0.1, 0.15) is 5.82 Å². The van der Waals surface area contributed by atoms with Gasteiger partial charge in [-0.25, -0.2) is 4.39 Å². The molecule has 0 saturated carbocycles. The quantitative estimate of drug-likeness (QED) is 0.777. The van der Waals surface area contributed by atoms with E-state index in [2.05, 4.69) is 47.0 Å². The molecular formula is C14H22BrFN2. The van der Waals surface area contributed by atoms with Gasteiger partial charge in [-0.3, -0.25) is 0 Å². The maximum atomic E-state index is 13.2. The number of halogens is 2. The second-order valence-electron chi connectivity index (χ2n) is 5.11. The zero-order chi connectivity index (χ0) is 13.5. The Morgan fingerprint density at radius 3 is 2.67 bits per heavy atom. The van der Waals surface area contributed by atoms with E-state index in [4.69, 9.17) is 0 Å². The van der Waals surface area contributed by atoms with E-state index < -0.39 is 0 Å². The average molecular weight is 317 g/mol. The smallest absolute Gasteiger partial charge is 0.124 e.